The molecular weight excluding hydrogens is 264 g/mol. The van der Waals surface area contributed by atoms with Gasteiger partial charge in [-0.15, -0.1) is 0 Å². The summed E-state index contributed by atoms with van der Waals surface area (Å²) < 4.78 is 0. The maximum absolute atomic E-state index is 11.9. The second-order valence-electron chi connectivity index (χ2n) is 5.18. The van der Waals surface area contributed by atoms with E-state index in [0.29, 0.717) is 13.0 Å². The van der Waals surface area contributed by atoms with Gasteiger partial charge in [0, 0.05) is 19.5 Å². The predicted molar refractivity (Wildman–Crippen MR) is 81.3 cm³/mol. The molecule has 1 fully saturated rings. The first-order chi connectivity index (χ1) is 10.2. The van der Waals surface area contributed by atoms with Crippen LogP contribution in [0.15, 0.2) is 30.3 Å². The molecule has 1 aliphatic heterocycles. The van der Waals surface area contributed by atoms with E-state index >= 15 is 0 Å². The smallest absolute Gasteiger partial charge is 0.296 e. The molecule has 1 aliphatic rings. The molecule has 0 aromatic heterocycles. The van der Waals surface area contributed by atoms with Crippen molar-refractivity contribution in [1.82, 2.24) is 10.2 Å². The number of carbonyl (C=O) groups is 2. The van der Waals surface area contributed by atoms with Crippen molar-refractivity contribution in [3.05, 3.63) is 35.9 Å². The Balaban J connectivity index is 1.75. The van der Waals surface area contributed by atoms with Crippen LogP contribution in [0.3, 0.4) is 0 Å². The van der Waals surface area contributed by atoms with Gasteiger partial charge in [-0.25, -0.2) is 0 Å². The van der Waals surface area contributed by atoms with E-state index < -0.39 is 0 Å². The highest BCUT2D eigenvalue weighted by atomic mass is 16.2. The summed E-state index contributed by atoms with van der Waals surface area (Å²) in [6.45, 7) is 2.94. The van der Waals surface area contributed by atoms with Gasteiger partial charge in [-0.3, -0.25) is 9.59 Å². The van der Waals surface area contributed by atoms with E-state index in [4.69, 9.17) is 0 Å². The number of nitrogens with one attached hydrogen (secondary N) is 1. The number of nitrogens with zero attached hydrogens (tertiary/aromatic N) is 1. The van der Waals surface area contributed by atoms with Crippen LogP contribution in [-0.4, -0.2) is 35.8 Å². The van der Waals surface area contributed by atoms with Crippen LogP contribution in [0.1, 0.15) is 25.3 Å². The third-order valence-electron chi connectivity index (χ3n) is 3.52. The van der Waals surface area contributed by atoms with Crippen LogP contribution in [0, 0.1) is 11.8 Å². The number of hydrogen-bond donors (Lipinski definition) is 1. The average Bonchev–Trinajstić information content (AvgIpc) is 2.80. The summed E-state index contributed by atoms with van der Waals surface area (Å²) in [5, 5.41) is 2.77. The molecule has 0 saturated carbocycles. The van der Waals surface area contributed by atoms with Crippen LogP contribution in [0.4, 0.5) is 0 Å². The lowest BCUT2D eigenvalue weighted by Gasteiger charge is -2.16. The van der Waals surface area contributed by atoms with Gasteiger partial charge in [0.15, 0.2) is 0 Å². The fourth-order valence-electron chi connectivity index (χ4n) is 2.54. The van der Waals surface area contributed by atoms with Crippen molar-refractivity contribution in [2.45, 2.75) is 32.2 Å². The topological polar surface area (TPSA) is 49.4 Å². The average molecular weight is 284 g/mol. The summed E-state index contributed by atoms with van der Waals surface area (Å²) in [4.78, 5) is 25.1. The lowest BCUT2D eigenvalue weighted by molar-refractivity contribution is -0.127. The van der Waals surface area contributed by atoms with E-state index in [1.54, 1.807) is 6.92 Å². The number of carbonyl (C=O) groups excluding carboxylic acids is 2. The maximum Gasteiger partial charge on any atom is 0.296 e. The third kappa shape index (κ3) is 4.64. The van der Waals surface area contributed by atoms with Gasteiger partial charge in [0.05, 0.1) is 6.04 Å². The second kappa shape index (κ2) is 7.49. The number of amides is 2. The van der Waals surface area contributed by atoms with Crippen molar-refractivity contribution in [3.63, 3.8) is 0 Å². The Morgan fingerprint density at radius 2 is 2.14 bits per heavy atom. The van der Waals surface area contributed by atoms with E-state index in [0.717, 1.165) is 19.4 Å². The predicted octanol–water partition coefficient (Wildman–Crippen LogP) is 1.36. The van der Waals surface area contributed by atoms with Crippen LogP contribution in [-0.2, 0) is 16.0 Å². The molecule has 2 amide bonds. The summed E-state index contributed by atoms with van der Waals surface area (Å²) in [6, 6.07) is 10.1. The quantitative estimate of drug-likeness (QED) is 0.830. The Bertz CT molecular complexity index is 557. The Morgan fingerprint density at radius 3 is 2.86 bits per heavy atom. The fraction of sp³-hybridized carbons (Fsp3) is 0.412. The van der Waals surface area contributed by atoms with Gasteiger partial charge < -0.3 is 10.2 Å². The molecule has 21 heavy (non-hydrogen) atoms. The van der Waals surface area contributed by atoms with Gasteiger partial charge in [-0.1, -0.05) is 36.3 Å². The van der Waals surface area contributed by atoms with Crippen molar-refractivity contribution < 1.29 is 9.59 Å². The van der Waals surface area contributed by atoms with Crippen LogP contribution < -0.4 is 5.32 Å². The molecule has 4 heteroatoms. The van der Waals surface area contributed by atoms with E-state index in [9.17, 15) is 9.59 Å². The van der Waals surface area contributed by atoms with Gasteiger partial charge in [0.1, 0.15) is 0 Å². The molecule has 1 aromatic rings. The number of aryl methyl sites for hydroxylation is 1. The summed E-state index contributed by atoms with van der Waals surface area (Å²) in [5.41, 5.74) is 1.28. The maximum atomic E-state index is 11.9. The van der Waals surface area contributed by atoms with Gasteiger partial charge >= 0.3 is 0 Å². The van der Waals surface area contributed by atoms with Crippen LogP contribution in [0.2, 0.25) is 0 Å². The van der Waals surface area contributed by atoms with Gasteiger partial charge in [-0.2, -0.15) is 0 Å². The third-order valence-corrected chi connectivity index (χ3v) is 3.52. The molecule has 1 N–H and O–H groups in total. The van der Waals surface area contributed by atoms with E-state index in [1.165, 1.54) is 5.56 Å². The molecule has 2 rings (SSSR count). The van der Waals surface area contributed by atoms with Crippen molar-refractivity contribution in [3.8, 4) is 11.8 Å². The zero-order valence-electron chi connectivity index (χ0n) is 12.3. The first kappa shape index (κ1) is 15.1. The SMILES string of the molecule is CC#CC(=O)N[C@H]1CC(=O)N(CCCc2ccccc2)C1. The number of rotatable bonds is 5. The molecule has 0 aliphatic carbocycles. The minimum atomic E-state index is -0.304. The minimum absolute atomic E-state index is 0.109. The van der Waals surface area contributed by atoms with E-state index in [2.05, 4.69) is 29.3 Å². The van der Waals surface area contributed by atoms with E-state index in [-0.39, 0.29) is 17.9 Å². The molecule has 110 valence electrons. The zero-order valence-corrected chi connectivity index (χ0v) is 12.3. The summed E-state index contributed by atoms with van der Waals surface area (Å²) in [5.74, 6) is 4.80. The monoisotopic (exact) mass is 284 g/mol. The molecule has 4 nitrogen and oxygen atoms in total. The Kier molecular flexibility index (Phi) is 5.39. The van der Waals surface area contributed by atoms with Gasteiger partial charge in [0.25, 0.3) is 5.91 Å². The lowest BCUT2D eigenvalue weighted by Crippen LogP contribution is -2.36. The number of likely N-dealkylation sites (tertiary alicyclic amines) is 1. The summed E-state index contributed by atoms with van der Waals surface area (Å²) in [7, 11) is 0. The minimum Gasteiger partial charge on any atom is -0.341 e. The Hall–Kier alpha value is -2.28. The first-order valence-electron chi connectivity index (χ1n) is 7.24. The van der Waals surface area contributed by atoms with Gasteiger partial charge in [0.2, 0.25) is 5.91 Å². The Morgan fingerprint density at radius 1 is 1.38 bits per heavy atom. The largest absolute Gasteiger partial charge is 0.341 e. The highest BCUT2D eigenvalue weighted by molar-refractivity contribution is 5.94. The van der Waals surface area contributed by atoms with Crippen molar-refractivity contribution >= 4 is 11.8 Å². The lowest BCUT2D eigenvalue weighted by atomic mass is 10.1. The molecule has 1 atom stereocenters. The van der Waals surface area contributed by atoms with Gasteiger partial charge in [-0.05, 0) is 31.2 Å². The molecule has 0 radical (unpaired) electrons. The normalized spacial score (nSPS) is 17.3. The molecular formula is C17H20N2O2. The fourth-order valence-corrected chi connectivity index (χ4v) is 2.54. The van der Waals surface area contributed by atoms with Crippen LogP contribution in [0.25, 0.3) is 0 Å². The zero-order chi connectivity index (χ0) is 15.1. The standard InChI is InChI=1S/C17H20N2O2/c1-2-7-16(20)18-15-12-17(21)19(13-15)11-6-10-14-8-4-3-5-9-14/h3-5,8-9,15H,6,10-13H2,1H3,(H,18,20)/t15-/m0/s1. The molecule has 1 aromatic carbocycles. The molecule has 1 heterocycles. The second-order valence-corrected chi connectivity index (χ2v) is 5.18. The van der Waals surface area contributed by atoms with Crippen molar-refractivity contribution in [1.29, 1.82) is 0 Å². The van der Waals surface area contributed by atoms with Crippen LogP contribution in [0.5, 0.6) is 0 Å². The Labute approximate surface area is 125 Å². The molecule has 0 bridgehead atoms. The highest BCUT2D eigenvalue weighted by Gasteiger charge is 2.29. The van der Waals surface area contributed by atoms with Crippen molar-refractivity contribution in [2.75, 3.05) is 13.1 Å². The molecule has 0 unspecified atom stereocenters. The van der Waals surface area contributed by atoms with Crippen LogP contribution >= 0.6 is 0 Å². The number of benzene rings is 1. The highest BCUT2D eigenvalue weighted by Crippen LogP contribution is 2.12. The van der Waals surface area contributed by atoms with E-state index in [1.807, 2.05) is 23.1 Å². The summed E-state index contributed by atoms with van der Waals surface area (Å²) in [6.07, 6.45) is 2.27. The first-order valence-corrected chi connectivity index (χ1v) is 7.24. The molecule has 0 spiro atoms. The van der Waals surface area contributed by atoms with Crippen molar-refractivity contribution in [2.24, 2.45) is 0 Å². The summed E-state index contributed by atoms with van der Waals surface area (Å²) >= 11 is 0. The number of hydrogen-bond acceptors (Lipinski definition) is 2. The molecule has 1 saturated heterocycles.